The van der Waals surface area contributed by atoms with Gasteiger partial charge in [-0.15, -0.1) is 0 Å². The Morgan fingerprint density at radius 1 is 1.12 bits per heavy atom. The Morgan fingerprint density at radius 3 is 2.48 bits per heavy atom. The van der Waals surface area contributed by atoms with Crippen LogP contribution in [0.5, 0.6) is 0 Å². The number of rotatable bonds is 5. The topological polar surface area (TPSA) is 57.0 Å². The number of hydrogen-bond acceptors (Lipinski definition) is 5. The van der Waals surface area contributed by atoms with Gasteiger partial charge in [0, 0.05) is 51.0 Å². The fourth-order valence-electron chi connectivity index (χ4n) is 2.82. The zero-order chi connectivity index (χ0) is 18.0. The number of piperazine rings is 1. The molecule has 1 fully saturated rings. The molecule has 6 nitrogen and oxygen atoms in total. The maximum atomic E-state index is 12.1. The molecule has 0 spiro atoms. The largest absolute Gasteiger partial charge is 0.447 e. The fourth-order valence-corrected chi connectivity index (χ4v) is 3.82. The zero-order valence-corrected chi connectivity index (χ0v) is 15.9. The Balaban J connectivity index is 1.59. The lowest BCUT2D eigenvalue weighted by Crippen LogP contribution is -2.45. The summed E-state index contributed by atoms with van der Waals surface area (Å²) in [5, 5.41) is 0.732. The molecule has 2 aromatic rings. The molecule has 0 bridgehead atoms. The normalized spacial score (nSPS) is 16.6. The molecule has 136 valence electrons. The van der Waals surface area contributed by atoms with E-state index in [1.54, 1.807) is 6.07 Å². The number of furan rings is 1. The van der Waals surface area contributed by atoms with E-state index < -0.39 is 10.0 Å². The molecule has 0 unspecified atom stereocenters. The van der Waals surface area contributed by atoms with Crippen molar-refractivity contribution in [2.45, 2.75) is 11.6 Å². The van der Waals surface area contributed by atoms with Gasteiger partial charge in [0.25, 0.3) is 10.0 Å². The second-order valence-electron chi connectivity index (χ2n) is 6.25. The van der Waals surface area contributed by atoms with Gasteiger partial charge in [-0.25, -0.2) is 12.7 Å². The van der Waals surface area contributed by atoms with E-state index in [2.05, 4.69) is 15.9 Å². The molecule has 0 aliphatic carbocycles. The van der Waals surface area contributed by atoms with E-state index in [0.29, 0.717) is 12.3 Å². The van der Waals surface area contributed by atoms with Crippen LogP contribution in [0, 0.1) is 0 Å². The van der Waals surface area contributed by atoms with Gasteiger partial charge in [-0.05, 0) is 30.3 Å². The monoisotopic (exact) mass is 383 g/mol. The highest BCUT2D eigenvalue weighted by atomic mass is 35.5. The maximum absolute atomic E-state index is 12.1. The Bertz CT molecular complexity index is 827. The number of halogens is 1. The van der Waals surface area contributed by atoms with Crippen molar-refractivity contribution < 1.29 is 12.8 Å². The highest BCUT2D eigenvalue weighted by molar-refractivity contribution is 7.88. The van der Waals surface area contributed by atoms with Gasteiger partial charge in [-0.2, -0.15) is 0 Å². The van der Waals surface area contributed by atoms with E-state index in [0.717, 1.165) is 41.2 Å². The Labute approximate surface area is 153 Å². The van der Waals surface area contributed by atoms with Crippen molar-refractivity contribution in [2.75, 3.05) is 45.2 Å². The Hall–Kier alpha value is -1.54. The molecule has 0 radical (unpaired) electrons. The Kier molecular flexibility index (Phi) is 5.38. The van der Waals surface area contributed by atoms with Crippen LogP contribution in [0.2, 0.25) is 5.02 Å². The molecule has 25 heavy (non-hydrogen) atoms. The van der Waals surface area contributed by atoms with Crippen molar-refractivity contribution >= 4 is 27.3 Å². The highest BCUT2D eigenvalue weighted by Gasteiger charge is 2.23. The van der Waals surface area contributed by atoms with E-state index in [9.17, 15) is 8.42 Å². The Morgan fingerprint density at radius 2 is 1.84 bits per heavy atom. The third-order valence-electron chi connectivity index (χ3n) is 4.30. The van der Waals surface area contributed by atoms with E-state index in [1.165, 1.54) is 20.2 Å². The highest BCUT2D eigenvalue weighted by Crippen LogP contribution is 2.22. The third kappa shape index (κ3) is 4.17. The minimum Gasteiger partial charge on any atom is -0.447 e. The van der Waals surface area contributed by atoms with Crippen LogP contribution in [0.25, 0.3) is 0 Å². The van der Waals surface area contributed by atoms with Crippen LogP contribution >= 0.6 is 11.6 Å². The minimum absolute atomic E-state index is 0.00920. The van der Waals surface area contributed by atoms with Crippen molar-refractivity contribution in [3.05, 3.63) is 47.2 Å². The summed E-state index contributed by atoms with van der Waals surface area (Å²) in [6.45, 7) is 4.14. The average molecular weight is 384 g/mol. The lowest BCUT2D eigenvalue weighted by Gasteiger charge is -2.35. The number of anilines is 1. The second kappa shape index (κ2) is 7.37. The first-order chi connectivity index (χ1) is 11.9. The zero-order valence-electron chi connectivity index (χ0n) is 14.4. The molecular formula is C17H22ClN3O3S. The molecule has 0 atom stereocenters. The van der Waals surface area contributed by atoms with Gasteiger partial charge in [0.2, 0.25) is 5.09 Å². The van der Waals surface area contributed by atoms with Crippen LogP contribution in [-0.2, 0) is 16.6 Å². The van der Waals surface area contributed by atoms with E-state index in [4.69, 9.17) is 16.0 Å². The molecule has 1 aliphatic heterocycles. The summed E-state index contributed by atoms with van der Waals surface area (Å²) in [5.41, 5.74) is 1.13. The molecule has 2 heterocycles. The average Bonchev–Trinajstić information content (AvgIpc) is 3.04. The van der Waals surface area contributed by atoms with Crippen LogP contribution < -0.4 is 4.90 Å². The summed E-state index contributed by atoms with van der Waals surface area (Å²) in [5.74, 6) is 0.664. The standard InChI is InChI=1S/C17H22ClN3O3S/c1-19(2)25(22,23)17-7-6-16(24-17)13-20-8-10-21(11-9-20)15-5-3-4-14(18)12-15/h3-7,12H,8-11,13H2,1-2H3. The van der Waals surface area contributed by atoms with Gasteiger partial charge < -0.3 is 9.32 Å². The smallest absolute Gasteiger partial charge is 0.275 e. The minimum atomic E-state index is -3.52. The molecule has 0 N–H and O–H groups in total. The molecule has 1 aromatic carbocycles. The van der Waals surface area contributed by atoms with Gasteiger partial charge in [-0.1, -0.05) is 17.7 Å². The first-order valence-electron chi connectivity index (χ1n) is 8.10. The molecule has 8 heteroatoms. The van der Waals surface area contributed by atoms with Gasteiger partial charge in [0.05, 0.1) is 6.54 Å². The molecule has 0 saturated carbocycles. The molecule has 1 saturated heterocycles. The van der Waals surface area contributed by atoms with Gasteiger partial charge >= 0.3 is 0 Å². The van der Waals surface area contributed by atoms with Gasteiger partial charge in [0.15, 0.2) is 0 Å². The van der Waals surface area contributed by atoms with Crippen molar-refractivity contribution in [2.24, 2.45) is 0 Å². The second-order valence-corrected chi connectivity index (χ2v) is 8.77. The molecule has 0 amide bonds. The summed E-state index contributed by atoms with van der Waals surface area (Å²) < 4.78 is 30.8. The quantitative estimate of drug-likeness (QED) is 0.794. The number of sulfonamides is 1. The molecule has 1 aliphatic rings. The fraction of sp³-hybridized carbons (Fsp3) is 0.412. The number of hydrogen-bond donors (Lipinski definition) is 0. The summed E-state index contributed by atoms with van der Waals surface area (Å²) in [6.07, 6.45) is 0. The van der Waals surface area contributed by atoms with Crippen molar-refractivity contribution in [1.29, 1.82) is 0 Å². The van der Waals surface area contributed by atoms with Crippen molar-refractivity contribution in [3.63, 3.8) is 0 Å². The lowest BCUT2D eigenvalue weighted by atomic mass is 10.2. The molecule has 3 rings (SSSR count). The first-order valence-corrected chi connectivity index (χ1v) is 9.92. The van der Waals surface area contributed by atoms with E-state index in [1.807, 2.05) is 18.2 Å². The van der Waals surface area contributed by atoms with Crippen LogP contribution in [0.3, 0.4) is 0 Å². The summed E-state index contributed by atoms with van der Waals surface area (Å²) in [6, 6.07) is 11.1. The van der Waals surface area contributed by atoms with Gasteiger partial charge in [0.1, 0.15) is 5.76 Å². The predicted octanol–water partition coefficient (Wildman–Crippen LogP) is 2.51. The van der Waals surface area contributed by atoms with Crippen LogP contribution in [0.15, 0.2) is 45.9 Å². The molecule has 1 aromatic heterocycles. The van der Waals surface area contributed by atoms with E-state index in [-0.39, 0.29) is 5.09 Å². The molecular weight excluding hydrogens is 362 g/mol. The predicted molar refractivity (Wildman–Crippen MR) is 98.5 cm³/mol. The number of benzene rings is 1. The van der Waals surface area contributed by atoms with Crippen LogP contribution in [-0.4, -0.2) is 57.9 Å². The van der Waals surface area contributed by atoms with Gasteiger partial charge in [-0.3, -0.25) is 4.90 Å². The summed E-state index contributed by atoms with van der Waals surface area (Å²) in [4.78, 5) is 4.55. The van der Waals surface area contributed by atoms with Crippen LogP contribution in [0.1, 0.15) is 5.76 Å². The van der Waals surface area contributed by atoms with Crippen LogP contribution in [0.4, 0.5) is 5.69 Å². The summed E-state index contributed by atoms with van der Waals surface area (Å²) in [7, 11) is -0.533. The van der Waals surface area contributed by atoms with E-state index >= 15 is 0 Å². The first kappa shape index (κ1) is 18.3. The van der Waals surface area contributed by atoms with Crippen molar-refractivity contribution in [3.8, 4) is 0 Å². The lowest BCUT2D eigenvalue weighted by molar-refractivity contribution is 0.224. The SMILES string of the molecule is CN(C)S(=O)(=O)c1ccc(CN2CCN(c3cccc(Cl)c3)CC2)o1. The maximum Gasteiger partial charge on any atom is 0.275 e. The third-order valence-corrected chi connectivity index (χ3v) is 6.22. The number of nitrogens with zero attached hydrogens (tertiary/aromatic N) is 3. The van der Waals surface area contributed by atoms with Crippen molar-refractivity contribution in [1.82, 2.24) is 9.21 Å². The summed E-state index contributed by atoms with van der Waals surface area (Å²) >= 11 is 6.06.